The van der Waals surface area contributed by atoms with Gasteiger partial charge in [0.15, 0.2) is 0 Å². The van der Waals surface area contributed by atoms with Crippen molar-refractivity contribution in [1.29, 1.82) is 0 Å². The number of hydrogen-bond donors (Lipinski definition) is 0. The van der Waals surface area contributed by atoms with Crippen LogP contribution in [0.5, 0.6) is 0 Å². The first-order chi connectivity index (χ1) is 9.38. The van der Waals surface area contributed by atoms with Crippen LogP contribution in [0.3, 0.4) is 0 Å². The van der Waals surface area contributed by atoms with E-state index >= 15 is 0 Å². The van der Waals surface area contributed by atoms with Gasteiger partial charge in [-0.3, -0.25) is 4.79 Å². The van der Waals surface area contributed by atoms with Crippen LogP contribution in [-0.2, 0) is 4.79 Å². The van der Waals surface area contributed by atoms with Crippen LogP contribution in [0.2, 0.25) is 0 Å². The maximum atomic E-state index is 12.5. The molecule has 4 bridgehead atoms. The molecule has 0 radical (unpaired) electrons. The van der Waals surface area contributed by atoms with Gasteiger partial charge in [-0.15, -0.1) is 0 Å². The molecular formula is C19H30O. The molecule has 5 rings (SSSR count). The maximum Gasteiger partial charge on any atom is 0.133 e. The summed E-state index contributed by atoms with van der Waals surface area (Å²) in [4.78, 5) is 12.5. The number of hydrogen-bond acceptors (Lipinski definition) is 1. The molecule has 1 heteroatoms. The normalized spacial score (nSPS) is 50.2. The van der Waals surface area contributed by atoms with E-state index in [0.29, 0.717) is 22.0 Å². The van der Waals surface area contributed by atoms with Gasteiger partial charge in [0.05, 0.1) is 0 Å². The third kappa shape index (κ3) is 2.16. The van der Waals surface area contributed by atoms with Crippen LogP contribution in [0.25, 0.3) is 0 Å². The first kappa shape index (κ1) is 13.3. The Balaban J connectivity index is 1.50. The minimum Gasteiger partial charge on any atom is -0.300 e. The Kier molecular flexibility index (Phi) is 2.74. The summed E-state index contributed by atoms with van der Waals surface area (Å²) >= 11 is 0. The number of Topliss-reactive ketones (excluding diaryl/α,β-unsaturated/α-hetero) is 1. The van der Waals surface area contributed by atoms with E-state index < -0.39 is 0 Å². The molecule has 20 heavy (non-hydrogen) atoms. The van der Waals surface area contributed by atoms with E-state index in [4.69, 9.17) is 0 Å². The van der Waals surface area contributed by atoms with Crippen molar-refractivity contribution >= 4 is 5.78 Å². The summed E-state index contributed by atoms with van der Waals surface area (Å²) < 4.78 is 0. The molecular weight excluding hydrogens is 244 g/mol. The predicted octanol–water partition coefficient (Wildman–Crippen LogP) is 5.13. The van der Waals surface area contributed by atoms with Crippen molar-refractivity contribution < 1.29 is 4.79 Å². The van der Waals surface area contributed by atoms with Crippen molar-refractivity contribution in [2.45, 2.75) is 84.5 Å². The van der Waals surface area contributed by atoms with E-state index in [2.05, 4.69) is 13.8 Å². The highest BCUT2D eigenvalue weighted by molar-refractivity contribution is 5.79. The van der Waals surface area contributed by atoms with E-state index in [1.165, 1.54) is 57.8 Å². The topological polar surface area (TPSA) is 17.1 Å². The first-order valence-electron chi connectivity index (χ1n) is 8.90. The zero-order valence-electron chi connectivity index (χ0n) is 13.3. The van der Waals surface area contributed by atoms with Gasteiger partial charge in [0.25, 0.3) is 0 Å². The van der Waals surface area contributed by atoms with Crippen LogP contribution >= 0.6 is 0 Å². The molecule has 5 aliphatic rings. The van der Waals surface area contributed by atoms with E-state index in [1.807, 2.05) is 0 Å². The average molecular weight is 274 g/mol. The molecule has 0 aromatic carbocycles. The van der Waals surface area contributed by atoms with Gasteiger partial charge in [-0.2, -0.15) is 0 Å². The summed E-state index contributed by atoms with van der Waals surface area (Å²) in [5.74, 6) is 2.28. The molecule has 0 aromatic heterocycles. The Labute approximate surface area is 123 Å². The molecule has 5 saturated carbocycles. The fourth-order valence-electron chi connectivity index (χ4n) is 7.39. The fraction of sp³-hybridized carbons (Fsp3) is 0.947. The lowest BCUT2D eigenvalue weighted by Crippen LogP contribution is -2.55. The summed E-state index contributed by atoms with van der Waals surface area (Å²) in [6.07, 6.45) is 14.2. The van der Waals surface area contributed by atoms with Gasteiger partial charge in [0.1, 0.15) is 5.78 Å². The monoisotopic (exact) mass is 274 g/mol. The van der Waals surface area contributed by atoms with E-state index in [0.717, 1.165) is 24.7 Å². The van der Waals surface area contributed by atoms with Crippen molar-refractivity contribution in [3.63, 3.8) is 0 Å². The van der Waals surface area contributed by atoms with Gasteiger partial charge in [0, 0.05) is 12.8 Å². The molecule has 112 valence electrons. The third-order valence-corrected chi connectivity index (χ3v) is 7.06. The lowest BCUT2D eigenvalue weighted by molar-refractivity contribution is -0.155. The second-order valence-electron chi connectivity index (χ2n) is 9.85. The highest BCUT2D eigenvalue weighted by atomic mass is 16.1. The zero-order chi connectivity index (χ0) is 14.0. The van der Waals surface area contributed by atoms with Gasteiger partial charge >= 0.3 is 0 Å². The van der Waals surface area contributed by atoms with Gasteiger partial charge in [-0.25, -0.2) is 0 Å². The van der Waals surface area contributed by atoms with Crippen molar-refractivity contribution in [2.24, 2.45) is 28.1 Å². The number of carbonyl (C=O) groups is 1. The summed E-state index contributed by atoms with van der Waals surface area (Å²) in [6, 6.07) is 0. The Morgan fingerprint density at radius 1 is 1.00 bits per heavy atom. The van der Waals surface area contributed by atoms with E-state index in [9.17, 15) is 4.79 Å². The molecule has 5 aliphatic carbocycles. The van der Waals surface area contributed by atoms with Gasteiger partial charge in [-0.05, 0) is 66.6 Å². The summed E-state index contributed by atoms with van der Waals surface area (Å²) in [6.45, 7) is 5.03. The van der Waals surface area contributed by atoms with Crippen molar-refractivity contribution in [3.8, 4) is 0 Å². The molecule has 0 amide bonds. The Bertz CT molecular complexity index is 415. The quantitative estimate of drug-likeness (QED) is 0.694. The molecule has 0 saturated heterocycles. The second kappa shape index (κ2) is 4.11. The molecule has 0 aromatic rings. The highest BCUT2D eigenvalue weighted by Crippen LogP contribution is 2.70. The maximum absolute atomic E-state index is 12.5. The summed E-state index contributed by atoms with van der Waals surface area (Å²) in [5, 5.41) is 0. The number of ketones is 1. The van der Waals surface area contributed by atoms with Crippen LogP contribution < -0.4 is 0 Å². The van der Waals surface area contributed by atoms with Crippen LogP contribution in [0.4, 0.5) is 0 Å². The van der Waals surface area contributed by atoms with Crippen LogP contribution in [0.15, 0.2) is 0 Å². The SMILES string of the molecule is CC12CC3CC(C)(C1)CC(CC(=O)CC1CCC1)(C3)C2. The predicted molar refractivity (Wildman–Crippen MR) is 81.4 cm³/mol. The molecule has 2 unspecified atom stereocenters. The van der Waals surface area contributed by atoms with Gasteiger partial charge in [0.2, 0.25) is 0 Å². The summed E-state index contributed by atoms with van der Waals surface area (Å²) in [7, 11) is 0. The lowest BCUT2D eigenvalue weighted by Gasteiger charge is -2.65. The van der Waals surface area contributed by atoms with Crippen molar-refractivity contribution in [1.82, 2.24) is 0 Å². The molecule has 0 aliphatic heterocycles. The summed E-state index contributed by atoms with van der Waals surface area (Å²) in [5.41, 5.74) is 1.53. The number of rotatable bonds is 4. The molecule has 1 nitrogen and oxygen atoms in total. The lowest BCUT2D eigenvalue weighted by atomic mass is 9.39. The highest BCUT2D eigenvalue weighted by Gasteiger charge is 2.60. The second-order valence-corrected chi connectivity index (χ2v) is 9.85. The van der Waals surface area contributed by atoms with Crippen molar-refractivity contribution in [2.75, 3.05) is 0 Å². The smallest absolute Gasteiger partial charge is 0.133 e. The molecule has 2 atom stereocenters. The Hall–Kier alpha value is -0.330. The minimum absolute atomic E-state index is 0.406. The van der Waals surface area contributed by atoms with Crippen LogP contribution in [-0.4, -0.2) is 5.78 Å². The Morgan fingerprint density at radius 3 is 2.15 bits per heavy atom. The van der Waals surface area contributed by atoms with Gasteiger partial charge in [-0.1, -0.05) is 33.1 Å². The minimum atomic E-state index is 0.406. The third-order valence-electron chi connectivity index (χ3n) is 7.06. The fourth-order valence-corrected chi connectivity index (χ4v) is 7.39. The first-order valence-corrected chi connectivity index (χ1v) is 8.90. The Morgan fingerprint density at radius 2 is 1.65 bits per heavy atom. The number of carbonyl (C=O) groups excluding carboxylic acids is 1. The zero-order valence-corrected chi connectivity index (χ0v) is 13.3. The molecule has 0 spiro atoms. The van der Waals surface area contributed by atoms with E-state index in [1.54, 1.807) is 0 Å². The molecule has 0 heterocycles. The standard InChI is InChI=1S/C19H30O/c1-17-7-15-8-18(2,11-17)13-19(9-15,12-17)10-16(20)6-14-4-3-5-14/h14-15H,3-13H2,1-2H3. The average Bonchev–Trinajstić information content (AvgIpc) is 2.17. The van der Waals surface area contributed by atoms with Crippen LogP contribution in [0.1, 0.15) is 84.5 Å². The van der Waals surface area contributed by atoms with Gasteiger partial charge < -0.3 is 0 Å². The molecule has 5 fully saturated rings. The molecule has 0 N–H and O–H groups in total. The largest absolute Gasteiger partial charge is 0.300 e. The van der Waals surface area contributed by atoms with Crippen LogP contribution in [0, 0.1) is 28.1 Å². The van der Waals surface area contributed by atoms with Crippen molar-refractivity contribution in [3.05, 3.63) is 0 Å². The van der Waals surface area contributed by atoms with E-state index in [-0.39, 0.29) is 0 Å².